The lowest BCUT2D eigenvalue weighted by molar-refractivity contribution is 0.0122. The van der Waals surface area contributed by atoms with Crippen molar-refractivity contribution in [3.63, 3.8) is 0 Å². The van der Waals surface area contributed by atoms with Crippen LogP contribution in [-0.4, -0.2) is 36.2 Å². The summed E-state index contributed by atoms with van der Waals surface area (Å²) >= 11 is 1.43. The van der Waals surface area contributed by atoms with E-state index in [0.717, 1.165) is 11.4 Å². The van der Waals surface area contributed by atoms with Crippen molar-refractivity contribution < 1.29 is 9.53 Å². The molecule has 1 aromatic rings. The molecule has 1 fully saturated rings. The monoisotopic (exact) mass is 293 g/mol. The lowest BCUT2D eigenvalue weighted by Gasteiger charge is -2.36. The van der Waals surface area contributed by atoms with Gasteiger partial charge in [0.05, 0.1) is 6.04 Å². The van der Waals surface area contributed by atoms with Gasteiger partial charge in [-0.25, -0.2) is 4.79 Å². The van der Waals surface area contributed by atoms with Crippen LogP contribution >= 0.6 is 11.3 Å². The summed E-state index contributed by atoms with van der Waals surface area (Å²) in [5.41, 5.74) is -0.500. The molecule has 0 radical (unpaired) electrons. The molecule has 1 amide bonds. The third-order valence-electron chi connectivity index (χ3n) is 2.94. The Kier molecular flexibility index (Phi) is 4.31. The number of amides is 1. The van der Waals surface area contributed by atoms with Crippen LogP contribution in [0.25, 0.3) is 0 Å². The van der Waals surface area contributed by atoms with Crippen molar-refractivity contribution in [3.05, 3.63) is 21.9 Å². The van der Waals surface area contributed by atoms with Crippen LogP contribution in [0, 0.1) is 11.3 Å². The van der Waals surface area contributed by atoms with E-state index in [4.69, 9.17) is 10.00 Å². The molecule has 2 heterocycles. The summed E-state index contributed by atoms with van der Waals surface area (Å²) in [5.74, 6) is 0. The molecule has 0 aliphatic carbocycles. The molecule has 1 N–H and O–H groups in total. The largest absolute Gasteiger partial charge is 0.444 e. The Balaban J connectivity index is 2.17. The van der Waals surface area contributed by atoms with Gasteiger partial charge >= 0.3 is 6.09 Å². The minimum atomic E-state index is -0.500. The van der Waals surface area contributed by atoms with Gasteiger partial charge in [-0.15, -0.1) is 11.3 Å². The van der Waals surface area contributed by atoms with Crippen molar-refractivity contribution in [3.8, 4) is 6.07 Å². The van der Waals surface area contributed by atoms with Crippen LogP contribution in [0.2, 0.25) is 0 Å². The third kappa shape index (κ3) is 3.50. The quantitative estimate of drug-likeness (QED) is 0.864. The number of ether oxygens (including phenoxy) is 1. The Hall–Kier alpha value is -1.58. The fraction of sp³-hybridized carbons (Fsp3) is 0.571. The molecule has 5 nitrogen and oxygen atoms in total. The van der Waals surface area contributed by atoms with E-state index >= 15 is 0 Å². The Bertz CT molecular complexity index is 527. The van der Waals surface area contributed by atoms with Crippen LogP contribution in [0.5, 0.6) is 0 Å². The molecule has 0 aromatic carbocycles. The lowest BCUT2D eigenvalue weighted by atomic mass is 10.1. The lowest BCUT2D eigenvalue weighted by Crippen LogP contribution is -2.49. The van der Waals surface area contributed by atoms with Crippen molar-refractivity contribution in [2.75, 3.05) is 19.6 Å². The number of hydrogen-bond donors (Lipinski definition) is 1. The summed E-state index contributed by atoms with van der Waals surface area (Å²) < 4.78 is 5.46. The number of nitrogens with one attached hydrogen (secondary N) is 1. The standard InChI is InChI=1S/C14H19N3O2S/c1-14(2,3)19-13(18)17-7-6-16-9-11(17)12-5-4-10(8-15)20-12/h4-5,11,16H,6-7,9H2,1-3H3. The smallest absolute Gasteiger partial charge is 0.410 e. The highest BCUT2D eigenvalue weighted by molar-refractivity contribution is 7.12. The average molecular weight is 293 g/mol. The predicted molar refractivity (Wildman–Crippen MR) is 77.6 cm³/mol. The number of rotatable bonds is 1. The van der Waals surface area contributed by atoms with Gasteiger partial charge in [-0.05, 0) is 32.9 Å². The Morgan fingerprint density at radius 2 is 2.30 bits per heavy atom. The van der Waals surface area contributed by atoms with Gasteiger partial charge in [0.2, 0.25) is 0 Å². The first kappa shape index (κ1) is 14.8. The third-order valence-corrected chi connectivity index (χ3v) is 4.03. The maximum atomic E-state index is 12.3. The van der Waals surface area contributed by atoms with E-state index in [2.05, 4.69) is 11.4 Å². The first-order chi connectivity index (χ1) is 9.40. The van der Waals surface area contributed by atoms with E-state index in [-0.39, 0.29) is 12.1 Å². The van der Waals surface area contributed by atoms with E-state index < -0.39 is 5.60 Å². The fourth-order valence-corrected chi connectivity index (χ4v) is 3.01. The molecule has 1 aliphatic heterocycles. The van der Waals surface area contributed by atoms with Crippen molar-refractivity contribution in [1.29, 1.82) is 5.26 Å². The van der Waals surface area contributed by atoms with Crippen LogP contribution in [0.3, 0.4) is 0 Å². The summed E-state index contributed by atoms with van der Waals surface area (Å²) in [4.78, 5) is 15.7. The molecule has 1 unspecified atom stereocenters. The Morgan fingerprint density at radius 1 is 1.55 bits per heavy atom. The number of nitriles is 1. The van der Waals surface area contributed by atoms with Gasteiger partial charge in [0.25, 0.3) is 0 Å². The molecule has 6 heteroatoms. The minimum Gasteiger partial charge on any atom is -0.444 e. The van der Waals surface area contributed by atoms with E-state index in [9.17, 15) is 4.79 Å². The normalized spacial score (nSPS) is 19.5. The van der Waals surface area contributed by atoms with Gasteiger partial charge in [-0.2, -0.15) is 5.26 Å². The van der Waals surface area contributed by atoms with Crippen molar-refractivity contribution >= 4 is 17.4 Å². The summed E-state index contributed by atoms with van der Waals surface area (Å²) in [6.45, 7) is 7.64. The van der Waals surface area contributed by atoms with Gasteiger partial charge in [0.15, 0.2) is 0 Å². The number of hydrogen-bond acceptors (Lipinski definition) is 5. The molecular formula is C14H19N3O2S. The number of thiophene rings is 1. The first-order valence-electron chi connectivity index (χ1n) is 6.61. The van der Waals surface area contributed by atoms with Crippen LogP contribution in [0.1, 0.15) is 36.6 Å². The summed E-state index contributed by atoms with van der Waals surface area (Å²) in [7, 11) is 0. The molecule has 20 heavy (non-hydrogen) atoms. The molecule has 1 atom stereocenters. The zero-order valence-corrected chi connectivity index (χ0v) is 12.8. The summed E-state index contributed by atoms with van der Waals surface area (Å²) in [6.07, 6.45) is -0.295. The number of carbonyl (C=O) groups excluding carboxylic acids is 1. The zero-order valence-electron chi connectivity index (χ0n) is 12.0. The van der Waals surface area contributed by atoms with Gasteiger partial charge in [0, 0.05) is 24.5 Å². The maximum Gasteiger partial charge on any atom is 0.410 e. The van der Waals surface area contributed by atoms with E-state index in [1.165, 1.54) is 11.3 Å². The van der Waals surface area contributed by atoms with E-state index in [0.29, 0.717) is 18.0 Å². The van der Waals surface area contributed by atoms with Crippen LogP contribution in [0.15, 0.2) is 12.1 Å². The second-order valence-electron chi connectivity index (χ2n) is 5.71. The van der Waals surface area contributed by atoms with Crippen LogP contribution in [0.4, 0.5) is 4.79 Å². The SMILES string of the molecule is CC(C)(C)OC(=O)N1CCNCC1c1ccc(C#N)s1. The summed E-state index contributed by atoms with van der Waals surface area (Å²) in [5, 5.41) is 12.2. The highest BCUT2D eigenvalue weighted by atomic mass is 32.1. The molecule has 1 saturated heterocycles. The zero-order chi connectivity index (χ0) is 14.8. The Labute approximate surface area is 123 Å². The number of carbonyl (C=O) groups is 1. The van der Waals surface area contributed by atoms with Gasteiger partial charge in [0.1, 0.15) is 16.5 Å². The van der Waals surface area contributed by atoms with Crippen LogP contribution in [-0.2, 0) is 4.74 Å². The minimum absolute atomic E-state index is 0.0642. The van der Waals surface area contributed by atoms with Gasteiger partial charge in [-0.3, -0.25) is 4.90 Å². The van der Waals surface area contributed by atoms with Crippen molar-refractivity contribution in [2.45, 2.75) is 32.4 Å². The van der Waals surface area contributed by atoms with E-state index in [1.807, 2.05) is 26.8 Å². The maximum absolute atomic E-state index is 12.3. The summed E-state index contributed by atoms with van der Waals surface area (Å²) in [6, 6.07) is 5.78. The topological polar surface area (TPSA) is 65.4 Å². The Morgan fingerprint density at radius 3 is 2.90 bits per heavy atom. The van der Waals surface area contributed by atoms with Gasteiger partial charge < -0.3 is 10.1 Å². The second kappa shape index (κ2) is 5.81. The number of nitrogens with zero attached hydrogens (tertiary/aromatic N) is 2. The first-order valence-corrected chi connectivity index (χ1v) is 7.42. The highest BCUT2D eigenvalue weighted by Crippen LogP contribution is 2.29. The van der Waals surface area contributed by atoms with Crippen molar-refractivity contribution in [1.82, 2.24) is 10.2 Å². The molecule has 108 valence electrons. The molecule has 0 bridgehead atoms. The molecule has 0 saturated carbocycles. The van der Waals surface area contributed by atoms with Gasteiger partial charge in [-0.1, -0.05) is 0 Å². The molecule has 0 spiro atoms. The predicted octanol–water partition coefficient (Wildman–Crippen LogP) is 2.50. The highest BCUT2D eigenvalue weighted by Gasteiger charge is 2.32. The average Bonchev–Trinajstić information content (AvgIpc) is 2.85. The molecule has 1 aliphatic rings. The molecule has 1 aromatic heterocycles. The number of piperazine rings is 1. The molecule has 2 rings (SSSR count). The molecular weight excluding hydrogens is 274 g/mol. The van der Waals surface area contributed by atoms with Crippen LogP contribution < -0.4 is 5.32 Å². The second-order valence-corrected chi connectivity index (χ2v) is 6.82. The van der Waals surface area contributed by atoms with E-state index in [1.54, 1.807) is 11.0 Å². The van der Waals surface area contributed by atoms with Crippen molar-refractivity contribution in [2.24, 2.45) is 0 Å². The fourth-order valence-electron chi connectivity index (χ4n) is 2.09.